The first kappa shape index (κ1) is 47.3. The maximum Gasteiger partial charge on any atom is 0.248 e. The standard InChI is InChI=1S/C56H58N12O4/c1-7-9-45(69)66-24-20-39(21-25-66)50-46(48-52(57)59-31-61-54(48)65(50)6)37-12-18-42(19-13-37)72-44-29-36(28-35(5)64-44)30-68-51(40-22-26-67(27-23-40)56(70)33(2)3)47(49-53(58)60-32-62-55(49)68)38-14-16-41(17-15-38)71-43-11-8-10-34(4)63-43/h7-19,28-29,31-32,39-40H,2,20-27,30H2,1,3-6H3,(H2,57,59,61)(H2,58,60,62)/b9-7+. The quantitative estimate of drug-likeness (QED) is 0.110. The van der Waals surface area contributed by atoms with E-state index in [9.17, 15) is 9.59 Å². The van der Waals surface area contributed by atoms with E-state index in [1.807, 2.05) is 110 Å². The summed E-state index contributed by atoms with van der Waals surface area (Å²) in [6.45, 7) is 14.4. The number of rotatable bonds is 12. The molecule has 10 rings (SSSR count). The smallest absolute Gasteiger partial charge is 0.248 e. The van der Waals surface area contributed by atoms with Gasteiger partial charge in [-0.1, -0.05) is 43.0 Å². The fraction of sp³-hybridized carbons (Fsp3) is 0.286. The second-order valence-electron chi connectivity index (χ2n) is 18.9. The van der Waals surface area contributed by atoms with Gasteiger partial charge in [-0.2, -0.15) is 0 Å². The Hall–Kier alpha value is -8.40. The summed E-state index contributed by atoms with van der Waals surface area (Å²) in [5.74, 6) is 3.25. The number of carbonyl (C=O) groups excluding carboxylic acids is 2. The first-order valence-electron chi connectivity index (χ1n) is 24.4. The first-order chi connectivity index (χ1) is 34.8. The largest absolute Gasteiger partial charge is 0.439 e. The number of anilines is 2. The minimum atomic E-state index is -0.0262. The highest BCUT2D eigenvalue weighted by Gasteiger charge is 2.33. The van der Waals surface area contributed by atoms with Gasteiger partial charge in [0.1, 0.15) is 47.1 Å². The van der Waals surface area contributed by atoms with Gasteiger partial charge in [0.25, 0.3) is 0 Å². The minimum Gasteiger partial charge on any atom is -0.439 e. The van der Waals surface area contributed by atoms with Crippen molar-refractivity contribution in [3.63, 3.8) is 0 Å². The van der Waals surface area contributed by atoms with Crippen molar-refractivity contribution in [3.8, 4) is 45.5 Å². The van der Waals surface area contributed by atoms with Crippen molar-refractivity contribution in [1.29, 1.82) is 0 Å². The molecule has 0 spiro atoms. The Labute approximate surface area is 418 Å². The van der Waals surface area contributed by atoms with Crippen LogP contribution in [0.15, 0.2) is 116 Å². The molecular weight excluding hydrogens is 905 g/mol. The number of carbonyl (C=O) groups is 2. The van der Waals surface area contributed by atoms with Crippen LogP contribution in [0, 0.1) is 13.8 Å². The molecule has 2 aliphatic rings. The van der Waals surface area contributed by atoms with Crippen LogP contribution >= 0.6 is 0 Å². The highest BCUT2D eigenvalue weighted by atomic mass is 16.5. The van der Waals surface area contributed by atoms with Gasteiger partial charge in [-0.15, -0.1) is 0 Å². The summed E-state index contributed by atoms with van der Waals surface area (Å²) in [5, 5.41) is 1.57. The number of piperidine rings is 2. The number of pyridine rings is 2. The van der Waals surface area contributed by atoms with Crippen molar-refractivity contribution < 1.29 is 19.1 Å². The van der Waals surface area contributed by atoms with E-state index in [4.69, 9.17) is 30.9 Å². The van der Waals surface area contributed by atoms with E-state index in [0.717, 1.165) is 92.7 Å². The van der Waals surface area contributed by atoms with Crippen LogP contribution in [0.1, 0.15) is 79.7 Å². The highest BCUT2D eigenvalue weighted by Crippen LogP contribution is 2.46. The summed E-state index contributed by atoms with van der Waals surface area (Å²) in [6, 6.07) is 25.6. The zero-order valence-corrected chi connectivity index (χ0v) is 41.3. The predicted molar refractivity (Wildman–Crippen MR) is 280 cm³/mol. The van der Waals surface area contributed by atoms with Crippen molar-refractivity contribution in [2.75, 3.05) is 37.6 Å². The molecule has 16 heteroatoms. The van der Waals surface area contributed by atoms with Crippen LogP contribution < -0.4 is 20.9 Å². The average molecular weight is 963 g/mol. The van der Waals surface area contributed by atoms with E-state index in [-0.39, 0.29) is 23.7 Å². The Morgan fingerprint density at radius 2 is 1.24 bits per heavy atom. The monoisotopic (exact) mass is 962 g/mol. The fourth-order valence-corrected chi connectivity index (χ4v) is 10.6. The molecule has 6 aromatic heterocycles. The second kappa shape index (κ2) is 19.8. The summed E-state index contributed by atoms with van der Waals surface area (Å²) in [4.78, 5) is 57.4. The van der Waals surface area contributed by atoms with E-state index in [2.05, 4.69) is 41.7 Å². The average Bonchev–Trinajstić information content (AvgIpc) is 3.86. The highest BCUT2D eigenvalue weighted by molar-refractivity contribution is 6.04. The van der Waals surface area contributed by atoms with Crippen LogP contribution in [-0.2, 0) is 23.2 Å². The lowest BCUT2D eigenvalue weighted by molar-refractivity contribution is -0.128. The number of likely N-dealkylation sites (tertiary alicyclic amines) is 2. The van der Waals surface area contributed by atoms with E-state index in [1.54, 1.807) is 19.1 Å². The number of fused-ring (bicyclic) bond motifs is 2. The number of aromatic nitrogens is 8. The number of benzene rings is 2. The number of ether oxygens (including phenoxy) is 2. The maximum atomic E-state index is 13.1. The van der Waals surface area contributed by atoms with E-state index >= 15 is 0 Å². The van der Waals surface area contributed by atoms with Gasteiger partial charge < -0.3 is 39.9 Å². The van der Waals surface area contributed by atoms with Crippen LogP contribution in [0.3, 0.4) is 0 Å². The molecule has 2 saturated heterocycles. The van der Waals surface area contributed by atoms with Gasteiger partial charge in [0.05, 0.1) is 10.8 Å². The van der Waals surface area contributed by atoms with Crippen LogP contribution in [-0.4, -0.2) is 86.8 Å². The molecule has 0 saturated carbocycles. The van der Waals surface area contributed by atoms with E-state index < -0.39 is 0 Å². The van der Waals surface area contributed by atoms with Gasteiger partial charge in [-0.25, -0.2) is 29.9 Å². The lowest BCUT2D eigenvalue weighted by atomic mass is 9.88. The zero-order valence-electron chi connectivity index (χ0n) is 41.3. The van der Waals surface area contributed by atoms with E-state index in [1.165, 1.54) is 12.7 Å². The molecule has 2 amide bonds. The summed E-state index contributed by atoms with van der Waals surface area (Å²) in [7, 11) is 2.03. The molecule has 72 heavy (non-hydrogen) atoms. The van der Waals surface area contributed by atoms with Gasteiger partial charge in [0.2, 0.25) is 23.6 Å². The number of hydrogen-bond acceptors (Lipinski definition) is 12. The number of nitrogens with zero attached hydrogens (tertiary/aromatic N) is 10. The van der Waals surface area contributed by atoms with Gasteiger partial charge >= 0.3 is 0 Å². The number of hydrogen-bond donors (Lipinski definition) is 2. The van der Waals surface area contributed by atoms with Gasteiger partial charge in [0, 0.05) is 103 Å². The van der Waals surface area contributed by atoms with Crippen LogP contribution in [0.5, 0.6) is 23.3 Å². The minimum absolute atomic E-state index is 0.0262. The molecule has 4 N–H and O–H groups in total. The Morgan fingerprint density at radius 1 is 0.694 bits per heavy atom. The van der Waals surface area contributed by atoms with Crippen LogP contribution in [0.25, 0.3) is 44.3 Å². The third kappa shape index (κ3) is 9.22. The number of nitrogen functional groups attached to an aromatic ring is 2. The Bertz CT molecular complexity index is 3400. The first-order valence-corrected chi connectivity index (χ1v) is 24.4. The molecule has 0 bridgehead atoms. The van der Waals surface area contributed by atoms with Crippen molar-refractivity contribution in [1.82, 2.24) is 48.8 Å². The number of amides is 2. The molecule has 2 fully saturated rings. The SMILES string of the molecule is C=C(C)C(=O)N1CCC(c2c(-c3ccc(Oc4cccc(C)n4)cc3)c3c(N)ncnc3n2Cc2cc(C)nc(Oc3ccc(-c4c(C5CCN(C(=O)/C=C/C)CC5)n(C)c5ncnc(N)c45)cc3)c2)CC1. The summed E-state index contributed by atoms with van der Waals surface area (Å²) < 4.78 is 17.1. The van der Waals surface area contributed by atoms with Gasteiger partial charge in [0.15, 0.2) is 0 Å². The summed E-state index contributed by atoms with van der Waals surface area (Å²) in [6.07, 6.45) is 9.51. The molecular formula is C56H58N12O4. The van der Waals surface area contributed by atoms with Crippen LogP contribution in [0.4, 0.5) is 11.6 Å². The zero-order chi connectivity index (χ0) is 50.2. The fourth-order valence-electron chi connectivity index (χ4n) is 10.6. The molecule has 0 atom stereocenters. The topological polar surface area (TPSA) is 198 Å². The van der Waals surface area contributed by atoms with Crippen LogP contribution in [0.2, 0.25) is 0 Å². The third-order valence-electron chi connectivity index (χ3n) is 13.9. The molecule has 8 aromatic rings. The lowest BCUT2D eigenvalue weighted by Crippen LogP contribution is -2.38. The summed E-state index contributed by atoms with van der Waals surface area (Å²) in [5.41, 5.74) is 24.0. The predicted octanol–water partition coefficient (Wildman–Crippen LogP) is 9.82. The molecule has 8 heterocycles. The second-order valence-corrected chi connectivity index (χ2v) is 18.9. The number of allylic oxidation sites excluding steroid dienone is 1. The molecule has 2 aromatic carbocycles. The molecule has 0 unspecified atom stereocenters. The number of nitrogens with two attached hydrogens (primary N) is 2. The normalized spacial score (nSPS) is 14.7. The van der Waals surface area contributed by atoms with E-state index in [0.29, 0.717) is 78.8 Å². The van der Waals surface area contributed by atoms with Crippen molar-refractivity contribution >= 4 is 45.5 Å². The van der Waals surface area contributed by atoms with Crippen molar-refractivity contribution in [2.45, 2.75) is 71.8 Å². The third-order valence-corrected chi connectivity index (χ3v) is 13.9. The van der Waals surface area contributed by atoms with Crippen molar-refractivity contribution in [3.05, 3.63) is 144 Å². The maximum absolute atomic E-state index is 13.1. The Balaban J connectivity index is 0.976. The number of aryl methyl sites for hydroxylation is 3. The van der Waals surface area contributed by atoms with Gasteiger partial charge in [-0.05, 0) is 113 Å². The Kier molecular flexibility index (Phi) is 13.0. The molecule has 366 valence electrons. The molecule has 16 nitrogen and oxygen atoms in total. The molecule has 0 radical (unpaired) electrons. The Morgan fingerprint density at radius 3 is 1.83 bits per heavy atom. The summed E-state index contributed by atoms with van der Waals surface area (Å²) >= 11 is 0. The van der Waals surface area contributed by atoms with Crippen molar-refractivity contribution in [2.24, 2.45) is 7.05 Å². The molecule has 2 aliphatic heterocycles. The van der Waals surface area contributed by atoms with Gasteiger partial charge in [-0.3, -0.25) is 9.59 Å². The molecule has 0 aliphatic carbocycles. The lowest BCUT2D eigenvalue weighted by Gasteiger charge is -2.33.